The Morgan fingerprint density at radius 3 is 2.42 bits per heavy atom. The summed E-state index contributed by atoms with van der Waals surface area (Å²) in [5, 5.41) is 12.4. The molecule has 0 atom stereocenters. The Bertz CT molecular complexity index is 840. The molecule has 0 fully saturated rings. The molecule has 24 heavy (non-hydrogen) atoms. The highest BCUT2D eigenvalue weighted by Gasteiger charge is 2.17. The number of phenolic OH excluding ortho intramolecular Hbond substituents is 1. The van der Waals surface area contributed by atoms with Gasteiger partial charge >= 0.3 is 0 Å². The molecule has 0 radical (unpaired) electrons. The lowest BCUT2D eigenvalue weighted by Crippen LogP contribution is -1.93. The molecule has 1 N–H and O–H groups in total. The highest BCUT2D eigenvalue weighted by Crippen LogP contribution is 2.40. The van der Waals surface area contributed by atoms with E-state index in [9.17, 15) is 5.11 Å². The second-order valence-electron chi connectivity index (χ2n) is 5.34. The lowest BCUT2D eigenvalue weighted by molar-refractivity contribution is 0.403. The van der Waals surface area contributed by atoms with Crippen LogP contribution in [0, 0.1) is 0 Å². The average molecular weight is 341 g/mol. The van der Waals surface area contributed by atoms with E-state index >= 15 is 0 Å². The molecule has 5 heteroatoms. The number of nitrogens with zero attached hydrogens (tertiary/aromatic N) is 1. The Balaban J connectivity index is 2.10. The van der Waals surface area contributed by atoms with E-state index in [0.717, 1.165) is 40.1 Å². The van der Waals surface area contributed by atoms with Crippen LogP contribution < -0.4 is 9.47 Å². The van der Waals surface area contributed by atoms with Crippen molar-refractivity contribution in [3.8, 4) is 39.6 Å². The van der Waals surface area contributed by atoms with Gasteiger partial charge in [0.05, 0.1) is 19.9 Å². The number of aromatic nitrogens is 1. The first-order chi connectivity index (χ1) is 11.7. The van der Waals surface area contributed by atoms with Gasteiger partial charge in [0.25, 0.3) is 0 Å². The van der Waals surface area contributed by atoms with Gasteiger partial charge in [0.2, 0.25) is 0 Å². The number of aromatic hydroxyl groups is 1. The fourth-order valence-electron chi connectivity index (χ4n) is 2.68. The topological polar surface area (TPSA) is 51.6 Å². The van der Waals surface area contributed by atoms with Gasteiger partial charge in [0.1, 0.15) is 17.2 Å². The van der Waals surface area contributed by atoms with Crippen LogP contribution in [-0.2, 0) is 6.42 Å². The summed E-state index contributed by atoms with van der Waals surface area (Å²) in [6, 6.07) is 11.4. The van der Waals surface area contributed by atoms with E-state index in [1.54, 1.807) is 20.3 Å². The summed E-state index contributed by atoms with van der Waals surface area (Å²) in [5.41, 5.74) is 4.57. The number of aryl methyl sites for hydroxylation is 1. The van der Waals surface area contributed by atoms with Gasteiger partial charge in [-0.15, -0.1) is 0 Å². The highest BCUT2D eigenvalue weighted by atomic mass is 32.1. The van der Waals surface area contributed by atoms with Gasteiger partial charge in [-0.05, 0) is 47.3 Å². The molecule has 1 heterocycles. The molecule has 0 bridgehead atoms. The molecule has 2 aromatic carbocycles. The first-order valence-corrected chi connectivity index (χ1v) is 8.50. The third-order valence-corrected chi connectivity index (χ3v) is 4.63. The Labute approximate surface area is 145 Å². The van der Waals surface area contributed by atoms with Crippen LogP contribution in [0.3, 0.4) is 0 Å². The maximum Gasteiger partial charge on any atom is 0.128 e. The van der Waals surface area contributed by atoms with Crippen molar-refractivity contribution < 1.29 is 14.6 Å². The van der Waals surface area contributed by atoms with E-state index in [4.69, 9.17) is 9.47 Å². The van der Waals surface area contributed by atoms with Gasteiger partial charge in [0, 0.05) is 22.6 Å². The minimum atomic E-state index is 0.171. The summed E-state index contributed by atoms with van der Waals surface area (Å²) in [6.07, 6.45) is 0.818. The summed E-state index contributed by atoms with van der Waals surface area (Å²) in [7, 11) is 3.26. The molecular formula is C19H19NO3S. The van der Waals surface area contributed by atoms with Crippen molar-refractivity contribution in [3.63, 3.8) is 0 Å². The zero-order chi connectivity index (χ0) is 17.1. The second kappa shape index (κ2) is 6.93. The van der Waals surface area contributed by atoms with Crippen molar-refractivity contribution in [3.05, 3.63) is 47.3 Å². The molecule has 0 amide bonds. The zero-order valence-electron chi connectivity index (χ0n) is 13.9. The molecule has 4 nitrogen and oxygen atoms in total. The van der Waals surface area contributed by atoms with Crippen molar-refractivity contribution >= 4 is 11.5 Å². The van der Waals surface area contributed by atoms with Crippen molar-refractivity contribution in [2.45, 2.75) is 13.3 Å². The van der Waals surface area contributed by atoms with E-state index in [1.165, 1.54) is 11.5 Å². The van der Waals surface area contributed by atoms with Gasteiger partial charge in [0.15, 0.2) is 0 Å². The molecule has 0 aliphatic carbocycles. The Kier molecular flexibility index (Phi) is 4.71. The van der Waals surface area contributed by atoms with Gasteiger partial charge in [-0.25, -0.2) is 0 Å². The average Bonchev–Trinajstić information content (AvgIpc) is 3.10. The van der Waals surface area contributed by atoms with Gasteiger partial charge in [-0.3, -0.25) is 0 Å². The van der Waals surface area contributed by atoms with E-state index in [0.29, 0.717) is 5.75 Å². The SMILES string of the molecule is CCc1cc(-c2nscc2-c2ccc(OC)cc2)c(O)cc1OC. The number of methoxy groups -OCH3 is 2. The quantitative estimate of drug-likeness (QED) is 0.727. The maximum absolute atomic E-state index is 10.4. The van der Waals surface area contributed by atoms with E-state index in [-0.39, 0.29) is 5.75 Å². The van der Waals surface area contributed by atoms with Gasteiger partial charge in [-0.2, -0.15) is 4.37 Å². The van der Waals surface area contributed by atoms with Gasteiger partial charge in [-0.1, -0.05) is 19.1 Å². The first kappa shape index (κ1) is 16.3. The number of benzene rings is 2. The molecule has 124 valence electrons. The van der Waals surface area contributed by atoms with Crippen LogP contribution in [0.25, 0.3) is 22.4 Å². The van der Waals surface area contributed by atoms with Crippen LogP contribution in [-0.4, -0.2) is 23.7 Å². The molecule has 0 spiro atoms. The predicted molar refractivity (Wildman–Crippen MR) is 97.1 cm³/mol. The number of hydrogen-bond donors (Lipinski definition) is 1. The minimum Gasteiger partial charge on any atom is -0.507 e. The normalized spacial score (nSPS) is 10.6. The maximum atomic E-state index is 10.4. The van der Waals surface area contributed by atoms with Crippen molar-refractivity contribution in [2.75, 3.05) is 14.2 Å². The monoisotopic (exact) mass is 341 g/mol. The number of phenols is 1. The third-order valence-electron chi connectivity index (χ3n) is 4.01. The Morgan fingerprint density at radius 2 is 1.79 bits per heavy atom. The molecular weight excluding hydrogens is 322 g/mol. The van der Waals surface area contributed by atoms with E-state index in [1.807, 2.05) is 35.7 Å². The standard InChI is InChI=1S/C19H19NO3S/c1-4-12-9-15(17(21)10-18(12)23-3)19-16(11-24-20-19)13-5-7-14(22-2)8-6-13/h5-11,21H,4H2,1-3H3. The molecule has 3 aromatic rings. The third kappa shape index (κ3) is 2.95. The molecule has 1 aromatic heterocycles. The smallest absolute Gasteiger partial charge is 0.128 e. The lowest BCUT2D eigenvalue weighted by atomic mass is 9.98. The summed E-state index contributed by atoms with van der Waals surface area (Å²) >= 11 is 1.37. The van der Waals surface area contributed by atoms with Crippen molar-refractivity contribution in [1.29, 1.82) is 0 Å². The van der Waals surface area contributed by atoms with E-state index in [2.05, 4.69) is 11.3 Å². The fraction of sp³-hybridized carbons (Fsp3) is 0.211. The van der Waals surface area contributed by atoms with Crippen LogP contribution in [0.2, 0.25) is 0 Å². The molecule has 0 unspecified atom stereocenters. The van der Waals surface area contributed by atoms with Gasteiger partial charge < -0.3 is 14.6 Å². The molecule has 0 aliphatic rings. The molecule has 0 saturated heterocycles. The van der Waals surface area contributed by atoms with Crippen LogP contribution >= 0.6 is 11.5 Å². The first-order valence-electron chi connectivity index (χ1n) is 7.67. The van der Waals surface area contributed by atoms with E-state index < -0.39 is 0 Å². The fourth-order valence-corrected chi connectivity index (χ4v) is 3.38. The lowest BCUT2D eigenvalue weighted by Gasteiger charge is -2.12. The minimum absolute atomic E-state index is 0.171. The molecule has 0 aliphatic heterocycles. The largest absolute Gasteiger partial charge is 0.507 e. The predicted octanol–water partition coefficient (Wildman–Crippen LogP) is 4.76. The number of ether oxygens (including phenoxy) is 2. The number of rotatable bonds is 5. The van der Waals surface area contributed by atoms with Crippen LogP contribution in [0.4, 0.5) is 0 Å². The van der Waals surface area contributed by atoms with Crippen LogP contribution in [0.1, 0.15) is 12.5 Å². The highest BCUT2D eigenvalue weighted by molar-refractivity contribution is 7.04. The summed E-state index contributed by atoms with van der Waals surface area (Å²) in [5.74, 6) is 1.67. The van der Waals surface area contributed by atoms with Crippen molar-refractivity contribution in [1.82, 2.24) is 4.37 Å². The molecule has 0 saturated carbocycles. The number of hydrogen-bond acceptors (Lipinski definition) is 5. The summed E-state index contributed by atoms with van der Waals surface area (Å²) in [4.78, 5) is 0. The summed E-state index contributed by atoms with van der Waals surface area (Å²) < 4.78 is 15.1. The van der Waals surface area contributed by atoms with Crippen LogP contribution in [0.15, 0.2) is 41.8 Å². The Hall–Kier alpha value is -2.53. The molecule has 3 rings (SSSR count). The zero-order valence-corrected chi connectivity index (χ0v) is 14.7. The Morgan fingerprint density at radius 1 is 1.04 bits per heavy atom. The summed E-state index contributed by atoms with van der Waals surface area (Å²) in [6.45, 7) is 2.06. The van der Waals surface area contributed by atoms with Crippen molar-refractivity contribution in [2.24, 2.45) is 0 Å². The van der Waals surface area contributed by atoms with Crippen LogP contribution in [0.5, 0.6) is 17.2 Å². The second-order valence-corrected chi connectivity index (χ2v) is 5.97.